The zero-order chi connectivity index (χ0) is 24.4. The molecular weight excluding hydrogens is 420 g/mol. The molecule has 174 valence electrons. The summed E-state index contributed by atoms with van der Waals surface area (Å²) in [5.41, 5.74) is 2.50. The van der Waals surface area contributed by atoms with E-state index in [1.54, 1.807) is 62.3 Å². The van der Waals surface area contributed by atoms with Crippen molar-refractivity contribution < 1.29 is 51.4 Å². The van der Waals surface area contributed by atoms with Gasteiger partial charge in [-0.3, -0.25) is 20.5 Å². The molecule has 0 aromatic carbocycles. The number of aliphatic carboxylic acids is 3. The molecule has 0 saturated heterocycles. The number of carboxylic acid groups (broad SMARTS) is 3. The fourth-order valence-corrected chi connectivity index (χ4v) is 0.850. The molecule has 0 unspecified atom stereocenters. The minimum Gasteiger partial charge on any atom is -0.481 e. The molecule has 0 fully saturated rings. The Bertz CT molecular complexity index is 561. The van der Waals surface area contributed by atoms with Gasteiger partial charge in [0.25, 0.3) is 0 Å². The first kappa shape index (κ1) is 36.0. The van der Waals surface area contributed by atoms with E-state index in [1.165, 1.54) is 16.7 Å². The zero-order valence-electron chi connectivity index (χ0n) is 20.8. The van der Waals surface area contributed by atoms with Gasteiger partial charge in [0, 0.05) is 21.7 Å². The van der Waals surface area contributed by atoms with Crippen LogP contribution in [0, 0.1) is 22.3 Å². The number of rotatable bonds is 0. The minimum atomic E-state index is -0.757. The Balaban J connectivity index is -0.000000149. The number of hydrogen-bond acceptors (Lipinski definition) is 3. The molecule has 1 rings (SSSR count). The van der Waals surface area contributed by atoms with Crippen LogP contribution in [0.1, 0.15) is 89.5 Å². The molecule has 0 bridgehead atoms. The summed E-state index contributed by atoms with van der Waals surface area (Å²) in [6.07, 6.45) is 4.31. The average molecular weight is 461 g/mol. The Hall–Kier alpha value is -1.40. The fraction of sp³-hybridized carbons (Fsp3) is 0.696. The average Bonchev–Trinajstić information content (AvgIpc) is 2.77. The van der Waals surface area contributed by atoms with Gasteiger partial charge in [0.1, 0.15) is 0 Å². The van der Waals surface area contributed by atoms with Gasteiger partial charge in [0.2, 0.25) is 0 Å². The Kier molecular flexibility index (Phi) is 17.5. The van der Waals surface area contributed by atoms with Crippen molar-refractivity contribution in [1.82, 2.24) is 0 Å². The van der Waals surface area contributed by atoms with Crippen LogP contribution in [0.3, 0.4) is 0 Å². The maximum atomic E-state index is 10.0. The van der Waals surface area contributed by atoms with Crippen molar-refractivity contribution in [2.24, 2.45) is 16.2 Å². The third kappa shape index (κ3) is 19.9. The summed E-state index contributed by atoms with van der Waals surface area (Å²) in [6.45, 7) is 21.4. The number of carbonyl (C=O) groups is 3. The summed E-state index contributed by atoms with van der Waals surface area (Å²) in [4.78, 5) is 30.1. The normalized spacial score (nSPS) is 13.1. The van der Waals surface area contributed by atoms with Gasteiger partial charge in [-0.15, -0.1) is 13.3 Å². The van der Waals surface area contributed by atoms with Crippen molar-refractivity contribution >= 4 is 17.9 Å². The largest absolute Gasteiger partial charge is 0.481 e. The van der Waals surface area contributed by atoms with E-state index < -0.39 is 34.2 Å². The van der Waals surface area contributed by atoms with Crippen LogP contribution >= 0.6 is 0 Å². The van der Waals surface area contributed by atoms with Crippen molar-refractivity contribution in [2.45, 2.75) is 89.5 Å². The van der Waals surface area contributed by atoms with Crippen LogP contribution in [-0.4, -0.2) is 33.2 Å². The number of carboxylic acids is 3. The van der Waals surface area contributed by atoms with Crippen LogP contribution in [0.15, 0.2) is 16.7 Å². The van der Waals surface area contributed by atoms with Gasteiger partial charge >= 0.3 is 17.9 Å². The molecular formula is C23H41O6Ti-. The Morgan fingerprint density at radius 2 is 0.867 bits per heavy atom. The summed E-state index contributed by atoms with van der Waals surface area (Å²) in [6, 6.07) is 0. The van der Waals surface area contributed by atoms with E-state index in [-0.39, 0.29) is 21.7 Å². The predicted octanol–water partition coefficient (Wildman–Crippen LogP) is 5.82. The summed E-state index contributed by atoms with van der Waals surface area (Å²) < 4.78 is 0. The molecule has 3 N–H and O–H groups in total. The third-order valence-corrected chi connectivity index (χ3v) is 3.75. The van der Waals surface area contributed by atoms with Crippen LogP contribution in [0.2, 0.25) is 0 Å². The first-order chi connectivity index (χ1) is 12.5. The Morgan fingerprint density at radius 3 is 0.900 bits per heavy atom. The van der Waals surface area contributed by atoms with E-state index in [0.717, 1.165) is 6.42 Å². The second-order valence-electron chi connectivity index (χ2n) is 10.0. The van der Waals surface area contributed by atoms with Crippen molar-refractivity contribution in [3.8, 4) is 0 Å². The number of allylic oxidation sites excluding steroid dienone is 4. The molecule has 0 aromatic rings. The third-order valence-electron chi connectivity index (χ3n) is 3.75. The molecule has 0 atom stereocenters. The van der Waals surface area contributed by atoms with Crippen molar-refractivity contribution in [3.05, 3.63) is 22.8 Å². The van der Waals surface area contributed by atoms with Gasteiger partial charge in [-0.2, -0.15) is 11.1 Å². The smallest absolute Gasteiger partial charge is 0.308 e. The van der Waals surface area contributed by atoms with Crippen molar-refractivity contribution in [1.29, 1.82) is 0 Å². The number of hydrogen-bond donors (Lipinski definition) is 3. The van der Waals surface area contributed by atoms with E-state index in [2.05, 4.69) is 26.8 Å². The molecule has 1 aliphatic rings. The van der Waals surface area contributed by atoms with Gasteiger partial charge in [0.05, 0.1) is 16.2 Å². The van der Waals surface area contributed by atoms with Gasteiger partial charge in [-0.1, -0.05) is 13.8 Å². The molecule has 0 amide bonds. The molecule has 30 heavy (non-hydrogen) atoms. The van der Waals surface area contributed by atoms with E-state index in [1.807, 2.05) is 0 Å². The second-order valence-corrected chi connectivity index (χ2v) is 10.0. The summed E-state index contributed by atoms with van der Waals surface area (Å²) >= 11 is 0. The maximum absolute atomic E-state index is 10.0. The molecule has 0 radical (unpaired) electrons. The molecule has 1 aliphatic carbocycles. The van der Waals surface area contributed by atoms with E-state index in [4.69, 9.17) is 15.3 Å². The topological polar surface area (TPSA) is 112 Å². The van der Waals surface area contributed by atoms with Crippen LogP contribution in [0.25, 0.3) is 0 Å². The molecule has 0 saturated carbocycles. The van der Waals surface area contributed by atoms with E-state index in [9.17, 15) is 14.4 Å². The van der Waals surface area contributed by atoms with Gasteiger partial charge in [-0.25, -0.2) is 5.57 Å². The van der Waals surface area contributed by atoms with Crippen LogP contribution in [0.4, 0.5) is 0 Å². The van der Waals surface area contributed by atoms with Gasteiger partial charge in [0.15, 0.2) is 0 Å². The van der Waals surface area contributed by atoms with Crippen LogP contribution in [-0.2, 0) is 36.1 Å². The van der Waals surface area contributed by atoms with Crippen LogP contribution < -0.4 is 0 Å². The van der Waals surface area contributed by atoms with Crippen molar-refractivity contribution in [2.75, 3.05) is 0 Å². The molecule has 0 aromatic heterocycles. The quantitative estimate of drug-likeness (QED) is 0.309. The van der Waals surface area contributed by atoms with Gasteiger partial charge < -0.3 is 15.3 Å². The molecule has 0 aliphatic heterocycles. The fourth-order valence-electron chi connectivity index (χ4n) is 0.850. The zero-order valence-corrected chi connectivity index (χ0v) is 22.3. The first-order valence-electron chi connectivity index (χ1n) is 9.49. The maximum Gasteiger partial charge on any atom is 0.308 e. The van der Waals surface area contributed by atoms with Crippen LogP contribution in [0.5, 0.6) is 0 Å². The summed E-state index contributed by atoms with van der Waals surface area (Å²) in [7, 11) is 0. The monoisotopic (exact) mass is 461 g/mol. The van der Waals surface area contributed by atoms with Crippen molar-refractivity contribution in [3.63, 3.8) is 0 Å². The molecule has 7 heteroatoms. The SMILES string of the molecule is CC(C)(C)C(=O)O.CC(C)(C)C(=O)O.CC(C)(C)C(=O)O.CC1=[C-]CC(C)=C1C.[Ti]. The van der Waals surface area contributed by atoms with E-state index in [0.29, 0.717) is 0 Å². The summed E-state index contributed by atoms with van der Waals surface area (Å²) in [5, 5.41) is 24.8. The first-order valence-corrected chi connectivity index (χ1v) is 9.49. The Labute approximate surface area is 197 Å². The molecule has 0 heterocycles. The van der Waals surface area contributed by atoms with Gasteiger partial charge in [-0.05, 0) is 62.3 Å². The standard InChI is InChI=1S/C8H11.3C5H10O2.Ti/c1-6-4-5-7(2)8(6)3;3*1-5(2,3)4(6)7;/h4H2,1-3H3;3*1-3H3,(H,6,7);/q-1;;;;. The minimum absolute atomic E-state index is 0. The molecule has 0 spiro atoms. The van der Waals surface area contributed by atoms with E-state index >= 15 is 0 Å². The summed E-state index contributed by atoms with van der Waals surface area (Å²) in [5.74, 6) is -2.27. The Morgan fingerprint density at radius 1 is 0.667 bits per heavy atom. The molecule has 6 nitrogen and oxygen atoms in total. The second kappa shape index (κ2) is 14.6. The predicted molar refractivity (Wildman–Crippen MR) is 117 cm³/mol.